The van der Waals surface area contributed by atoms with Crippen LogP contribution >= 0.6 is 12.6 Å². The fraction of sp³-hybridized carbons (Fsp3) is 0.273. The van der Waals surface area contributed by atoms with Crippen LogP contribution in [0, 0.1) is 11.3 Å². The van der Waals surface area contributed by atoms with E-state index in [4.69, 9.17) is 15.1 Å². The molecule has 0 amide bonds. The summed E-state index contributed by atoms with van der Waals surface area (Å²) in [5.41, 5.74) is 0.914. The third kappa shape index (κ3) is 2.54. The predicted octanol–water partition coefficient (Wildman–Crippen LogP) is 1.52. The third-order valence-corrected chi connectivity index (χ3v) is 2.42. The van der Waals surface area contributed by atoms with Gasteiger partial charge in [-0.1, -0.05) is 0 Å². The lowest BCUT2D eigenvalue weighted by atomic mass is 10.1. The summed E-state index contributed by atoms with van der Waals surface area (Å²) in [6, 6.07) is 4.78. The van der Waals surface area contributed by atoms with Crippen molar-refractivity contribution in [2.75, 3.05) is 6.61 Å². The second-order valence-corrected chi connectivity index (χ2v) is 3.49. The van der Waals surface area contributed by atoms with Gasteiger partial charge in [0.2, 0.25) is 0 Å². The summed E-state index contributed by atoms with van der Waals surface area (Å²) < 4.78 is 4.81. The van der Waals surface area contributed by atoms with Crippen LogP contribution in [0.5, 0.6) is 0 Å². The zero-order valence-electron chi connectivity index (χ0n) is 8.73. The Bertz CT molecular complexity index is 451. The highest BCUT2D eigenvalue weighted by Gasteiger charge is 2.13. The van der Waals surface area contributed by atoms with Crippen molar-refractivity contribution in [3.05, 3.63) is 28.8 Å². The van der Waals surface area contributed by atoms with Crippen LogP contribution in [-0.4, -0.2) is 17.7 Å². The van der Waals surface area contributed by atoms with Crippen LogP contribution in [0.15, 0.2) is 17.0 Å². The molecule has 0 bridgehead atoms. The molecule has 0 aliphatic rings. The van der Waals surface area contributed by atoms with Crippen LogP contribution in [0.3, 0.4) is 0 Å². The van der Waals surface area contributed by atoms with Gasteiger partial charge in [-0.05, 0) is 19.1 Å². The van der Waals surface area contributed by atoms with Gasteiger partial charge in [-0.15, -0.1) is 12.6 Å². The molecular weight excluding hydrogens is 226 g/mol. The number of esters is 1. The Hall–Kier alpha value is -1.51. The van der Waals surface area contributed by atoms with Gasteiger partial charge in [0.25, 0.3) is 0 Å². The fourth-order valence-electron chi connectivity index (χ4n) is 1.25. The van der Waals surface area contributed by atoms with Crippen molar-refractivity contribution in [1.29, 1.82) is 5.26 Å². The number of thiol groups is 1. The van der Waals surface area contributed by atoms with Crippen molar-refractivity contribution in [3.8, 4) is 6.07 Å². The lowest BCUT2D eigenvalue weighted by Gasteiger charge is -2.07. The molecule has 1 rings (SSSR count). The largest absolute Gasteiger partial charge is 0.462 e. The summed E-state index contributed by atoms with van der Waals surface area (Å²) in [4.78, 5) is 11.8. The second kappa shape index (κ2) is 5.54. The lowest BCUT2D eigenvalue weighted by Crippen LogP contribution is -2.06. The maximum Gasteiger partial charge on any atom is 0.338 e. The highest BCUT2D eigenvalue weighted by molar-refractivity contribution is 7.80. The van der Waals surface area contributed by atoms with Crippen LogP contribution in [0.2, 0.25) is 0 Å². The number of hydrogen-bond acceptors (Lipinski definition) is 5. The smallest absolute Gasteiger partial charge is 0.338 e. The maximum absolute atomic E-state index is 11.4. The summed E-state index contributed by atoms with van der Waals surface area (Å²) in [7, 11) is 0. The van der Waals surface area contributed by atoms with Crippen molar-refractivity contribution in [2.24, 2.45) is 0 Å². The third-order valence-electron chi connectivity index (χ3n) is 2.02. The number of ether oxygens (including phenoxy) is 1. The molecule has 0 aliphatic carbocycles. The fourth-order valence-corrected chi connectivity index (χ4v) is 1.59. The van der Waals surface area contributed by atoms with Crippen LogP contribution in [0.25, 0.3) is 0 Å². The first-order valence-electron chi connectivity index (χ1n) is 4.68. The summed E-state index contributed by atoms with van der Waals surface area (Å²) >= 11 is 4.12. The lowest BCUT2D eigenvalue weighted by molar-refractivity contribution is 0.0526. The highest BCUT2D eigenvalue weighted by atomic mass is 32.1. The topological polar surface area (TPSA) is 70.3 Å². The average Bonchev–Trinajstić information content (AvgIpc) is 2.28. The van der Waals surface area contributed by atoms with E-state index in [2.05, 4.69) is 12.6 Å². The molecule has 0 saturated carbocycles. The SMILES string of the molecule is CCOC(=O)c1cc(S)c(CO)c(C#N)c1. The second-order valence-electron chi connectivity index (χ2n) is 3.01. The molecule has 0 unspecified atom stereocenters. The van der Waals surface area contributed by atoms with Gasteiger partial charge < -0.3 is 9.84 Å². The molecule has 1 N–H and O–H groups in total. The van der Waals surface area contributed by atoms with Gasteiger partial charge in [-0.3, -0.25) is 0 Å². The first kappa shape index (κ1) is 12.6. The van der Waals surface area contributed by atoms with Crippen LogP contribution in [-0.2, 0) is 11.3 Å². The molecule has 4 nitrogen and oxygen atoms in total. The van der Waals surface area contributed by atoms with Gasteiger partial charge >= 0.3 is 5.97 Å². The molecule has 0 radical (unpaired) electrons. The molecule has 0 aromatic heterocycles. The first-order valence-corrected chi connectivity index (χ1v) is 5.12. The number of hydrogen-bond donors (Lipinski definition) is 2. The average molecular weight is 237 g/mol. The van der Waals surface area contributed by atoms with Gasteiger partial charge in [0.05, 0.1) is 30.4 Å². The molecule has 84 valence electrons. The molecular formula is C11H11NO3S. The zero-order chi connectivity index (χ0) is 12.1. The minimum atomic E-state index is -0.501. The van der Waals surface area contributed by atoms with Gasteiger partial charge in [0.15, 0.2) is 0 Å². The molecule has 0 atom stereocenters. The molecule has 0 spiro atoms. The van der Waals surface area contributed by atoms with Gasteiger partial charge in [-0.25, -0.2) is 4.79 Å². The molecule has 5 heteroatoms. The number of aliphatic hydroxyl groups excluding tert-OH is 1. The number of aliphatic hydroxyl groups is 1. The molecule has 1 aromatic rings. The predicted molar refractivity (Wildman–Crippen MR) is 60.3 cm³/mol. The Labute approximate surface area is 98.9 Å². The molecule has 16 heavy (non-hydrogen) atoms. The standard InChI is InChI=1S/C11H11NO3S/c1-2-15-11(14)7-3-8(5-12)9(6-13)10(16)4-7/h3-4,13,16H,2,6H2,1H3. The normalized spacial score (nSPS) is 9.62. The molecule has 0 aliphatic heterocycles. The minimum Gasteiger partial charge on any atom is -0.462 e. The van der Waals surface area contributed by atoms with E-state index in [0.29, 0.717) is 10.5 Å². The van der Waals surface area contributed by atoms with Crippen molar-refractivity contribution < 1.29 is 14.6 Å². The Morgan fingerprint density at radius 2 is 2.31 bits per heavy atom. The van der Waals surface area contributed by atoms with E-state index >= 15 is 0 Å². The number of nitriles is 1. The van der Waals surface area contributed by atoms with Gasteiger partial charge in [0, 0.05) is 10.5 Å². The molecule has 0 heterocycles. The van der Waals surface area contributed by atoms with E-state index < -0.39 is 5.97 Å². The maximum atomic E-state index is 11.4. The minimum absolute atomic E-state index is 0.234. The number of nitrogens with zero attached hydrogens (tertiary/aromatic N) is 1. The number of benzene rings is 1. The molecule has 1 aromatic carbocycles. The van der Waals surface area contributed by atoms with E-state index in [1.165, 1.54) is 12.1 Å². The number of rotatable bonds is 3. The van der Waals surface area contributed by atoms with E-state index in [1.807, 2.05) is 6.07 Å². The van der Waals surface area contributed by atoms with E-state index in [-0.39, 0.29) is 24.3 Å². The van der Waals surface area contributed by atoms with E-state index in [9.17, 15) is 4.79 Å². The first-order chi connectivity index (χ1) is 7.63. The highest BCUT2D eigenvalue weighted by Crippen LogP contribution is 2.21. The van der Waals surface area contributed by atoms with E-state index in [0.717, 1.165) is 0 Å². The van der Waals surface area contributed by atoms with Crippen molar-refractivity contribution in [1.82, 2.24) is 0 Å². The molecule has 0 saturated heterocycles. The number of carbonyl (C=O) groups excluding carboxylic acids is 1. The van der Waals surface area contributed by atoms with Gasteiger partial charge in [-0.2, -0.15) is 5.26 Å². The van der Waals surface area contributed by atoms with Crippen molar-refractivity contribution in [2.45, 2.75) is 18.4 Å². The van der Waals surface area contributed by atoms with Gasteiger partial charge in [0.1, 0.15) is 0 Å². The Morgan fingerprint density at radius 3 is 2.81 bits per heavy atom. The van der Waals surface area contributed by atoms with Crippen LogP contribution in [0.4, 0.5) is 0 Å². The summed E-state index contributed by atoms with van der Waals surface area (Å²) in [5, 5.41) is 17.9. The Kier molecular flexibility index (Phi) is 4.35. The van der Waals surface area contributed by atoms with Crippen LogP contribution in [0.1, 0.15) is 28.4 Å². The summed E-state index contributed by atoms with van der Waals surface area (Å²) in [5.74, 6) is -0.501. The summed E-state index contributed by atoms with van der Waals surface area (Å²) in [6.45, 7) is 1.68. The van der Waals surface area contributed by atoms with Crippen LogP contribution < -0.4 is 0 Å². The summed E-state index contributed by atoms with van der Waals surface area (Å²) in [6.07, 6.45) is 0. The zero-order valence-corrected chi connectivity index (χ0v) is 9.62. The number of carbonyl (C=O) groups is 1. The van der Waals surface area contributed by atoms with Crippen molar-refractivity contribution in [3.63, 3.8) is 0 Å². The monoisotopic (exact) mass is 237 g/mol. The Morgan fingerprint density at radius 1 is 1.62 bits per heavy atom. The quantitative estimate of drug-likeness (QED) is 0.617. The Balaban J connectivity index is 3.21. The van der Waals surface area contributed by atoms with Crippen molar-refractivity contribution >= 4 is 18.6 Å². The van der Waals surface area contributed by atoms with E-state index in [1.54, 1.807) is 6.92 Å². The molecule has 0 fully saturated rings.